The van der Waals surface area contributed by atoms with Crippen LogP contribution >= 0.6 is 28.3 Å². The zero-order valence-electron chi connectivity index (χ0n) is 19.1. The van der Waals surface area contributed by atoms with Gasteiger partial charge in [0.05, 0.1) is 6.04 Å². The van der Waals surface area contributed by atoms with Crippen LogP contribution in [0.1, 0.15) is 71.1 Å². The molecule has 4 aliphatic rings. The molecule has 2 heterocycles. The molecular formula is C25H36BrClN4O. The van der Waals surface area contributed by atoms with Gasteiger partial charge in [0, 0.05) is 29.3 Å². The number of carbonyl (C=O) groups is 1. The van der Waals surface area contributed by atoms with Crippen molar-refractivity contribution in [2.24, 2.45) is 10.9 Å². The Morgan fingerprint density at radius 2 is 1.94 bits per heavy atom. The molecule has 1 aromatic rings. The SMILES string of the molecule is C[C@@H]1C[C@]2(CCN1CC1CCC1)C(=NC1CCCCC1)NC(=O)N2c1cccc(Br)c1.Cl. The van der Waals surface area contributed by atoms with Crippen molar-refractivity contribution in [2.75, 3.05) is 18.0 Å². The lowest BCUT2D eigenvalue weighted by Gasteiger charge is -2.48. The first kappa shape index (κ1) is 24.0. The summed E-state index contributed by atoms with van der Waals surface area (Å²) in [5.74, 6) is 1.80. The molecule has 4 fully saturated rings. The van der Waals surface area contributed by atoms with Crippen molar-refractivity contribution in [1.82, 2.24) is 10.2 Å². The Hall–Kier alpha value is -1.11. The van der Waals surface area contributed by atoms with Gasteiger partial charge in [-0.05, 0) is 69.6 Å². The van der Waals surface area contributed by atoms with Crippen LogP contribution in [0.5, 0.6) is 0 Å². The van der Waals surface area contributed by atoms with Gasteiger partial charge in [0.15, 0.2) is 0 Å². The normalized spacial score (nSPS) is 30.9. The molecule has 1 N–H and O–H groups in total. The zero-order chi connectivity index (χ0) is 21.4. The molecular weight excluding hydrogens is 488 g/mol. The number of rotatable bonds is 4. The summed E-state index contributed by atoms with van der Waals surface area (Å²) >= 11 is 3.60. The number of aliphatic imine (C=N–C) groups is 1. The van der Waals surface area contributed by atoms with Crippen molar-refractivity contribution >= 4 is 45.9 Å². The highest BCUT2D eigenvalue weighted by atomic mass is 79.9. The highest BCUT2D eigenvalue weighted by Gasteiger charge is 2.54. The Labute approximate surface area is 206 Å². The molecule has 0 aromatic heterocycles. The molecule has 5 rings (SSSR count). The van der Waals surface area contributed by atoms with Gasteiger partial charge in [0.2, 0.25) is 0 Å². The van der Waals surface area contributed by atoms with E-state index in [0.29, 0.717) is 12.1 Å². The zero-order valence-corrected chi connectivity index (χ0v) is 21.5. The number of amides is 2. The van der Waals surface area contributed by atoms with Crippen molar-refractivity contribution in [3.63, 3.8) is 0 Å². The largest absolute Gasteiger partial charge is 0.328 e. The number of nitrogens with one attached hydrogen (secondary N) is 1. The maximum absolute atomic E-state index is 13.3. The number of nitrogens with zero attached hydrogens (tertiary/aromatic N) is 3. The summed E-state index contributed by atoms with van der Waals surface area (Å²) in [7, 11) is 0. The van der Waals surface area contributed by atoms with Gasteiger partial charge in [-0.15, -0.1) is 12.4 Å². The Morgan fingerprint density at radius 1 is 1.16 bits per heavy atom. The van der Waals surface area contributed by atoms with Crippen LogP contribution in [0.4, 0.5) is 10.5 Å². The number of anilines is 1. The number of halogens is 2. The van der Waals surface area contributed by atoms with Gasteiger partial charge in [-0.3, -0.25) is 15.2 Å². The Balaban J connectivity index is 0.00000245. The second kappa shape index (κ2) is 10.0. The molecule has 2 saturated heterocycles. The van der Waals surface area contributed by atoms with Crippen LogP contribution in [0.3, 0.4) is 0 Å². The molecule has 2 aliphatic carbocycles. The monoisotopic (exact) mass is 522 g/mol. The Kier molecular flexibility index (Phi) is 7.53. The van der Waals surface area contributed by atoms with Gasteiger partial charge in [0.25, 0.3) is 0 Å². The van der Waals surface area contributed by atoms with Crippen molar-refractivity contribution in [3.05, 3.63) is 28.7 Å². The fraction of sp³-hybridized carbons (Fsp3) is 0.680. The first-order valence-corrected chi connectivity index (χ1v) is 13.0. The van der Waals surface area contributed by atoms with Crippen LogP contribution in [0.15, 0.2) is 33.7 Å². The van der Waals surface area contributed by atoms with Crippen molar-refractivity contribution in [2.45, 2.75) is 88.8 Å². The number of benzene rings is 1. The number of urea groups is 1. The Bertz CT molecular complexity index is 854. The molecule has 5 nitrogen and oxygen atoms in total. The average Bonchev–Trinajstić information content (AvgIpc) is 2.97. The van der Waals surface area contributed by atoms with Gasteiger partial charge >= 0.3 is 6.03 Å². The van der Waals surface area contributed by atoms with E-state index >= 15 is 0 Å². The molecule has 2 saturated carbocycles. The Morgan fingerprint density at radius 3 is 2.59 bits per heavy atom. The molecule has 176 valence electrons. The number of likely N-dealkylation sites (tertiary alicyclic amines) is 1. The van der Waals surface area contributed by atoms with Gasteiger partial charge in [-0.25, -0.2) is 4.79 Å². The lowest BCUT2D eigenvalue weighted by Crippen LogP contribution is -2.60. The summed E-state index contributed by atoms with van der Waals surface area (Å²) in [6.45, 7) is 4.59. The van der Waals surface area contributed by atoms with Crippen LogP contribution in [0.25, 0.3) is 0 Å². The molecule has 1 aromatic carbocycles. The third kappa shape index (κ3) is 4.60. The van der Waals surface area contributed by atoms with Crippen LogP contribution in [0.2, 0.25) is 0 Å². The summed E-state index contributed by atoms with van der Waals surface area (Å²) in [6.07, 6.45) is 12.2. The summed E-state index contributed by atoms with van der Waals surface area (Å²) < 4.78 is 1.00. The van der Waals surface area contributed by atoms with Crippen molar-refractivity contribution < 1.29 is 4.79 Å². The highest BCUT2D eigenvalue weighted by Crippen LogP contribution is 2.42. The standard InChI is InChI=1S/C25H35BrN4O.ClH/c1-18-16-25(13-14-29(18)17-19-7-5-8-19)23(27-21-10-3-2-4-11-21)28-24(31)30(25)22-12-6-9-20(26)15-22;/h6,9,12,15,18-19,21H,2-5,7-8,10-11,13-14,16-17H2,1H3,(H,27,28,31);1H/t18-,25-;/m1./s1. The minimum absolute atomic E-state index is 0. The van der Waals surface area contributed by atoms with E-state index in [1.165, 1.54) is 45.1 Å². The van der Waals surface area contributed by atoms with E-state index in [4.69, 9.17) is 4.99 Å². The predicted octanol–water partition coefficient (Wildman–Crippen LogP) is 6.15. The molecule has 7 heteroatoms. The van der Waals surface area contributed by atoms with E-state index in [-0.39, 0.29) is 24.0 Å². The van der Waals surface area contributed by atoms with E-state index in [2.05, 4.69) is 45.2 Å². The highest BCUT2D eigenvalue weighted by molar-refractivity contribution is 9.10. The maximum atomic E-state index is 13.3. The lowest BCUT2D eigenvalue weighted by molar-refractivity contribution is 0.0907. The molecule has 2 amide bonds. The first-order valence-electron chi connectivity index (χ1n) is 12.2. The van der Waals surface area contributed by atoms with Crippen LogP contribution in [-0.4, -0.2) is 47.5 Å². The van der Waals surface area contributed by atoms with Crippen LogP contribution in [-0.2, 0) is 0 Å². The fourth-order valence-corrected chi connectivity index (χ4v) is 6.45. The number of amidine groups is 1. The molecule has 1 spiro atoms. The van der Waals surface area contributed by atoms with E-state index < -0.39 is 0 Å². The summed E-state index contributed by atoms with van der Waals surface area (Å²) in [4.78, 5) is 23.2. The molecule has 2 atom stereocenters. The van der Waals surface area contributed by atoms with Crippen LogP contribution < -0.4 is 10.2 Å². The quantitative estimate of drug-likeness (QED) is 0.514. The van der Waals surface area contributed by atoms with Crippen molar-refractivity contribution in [3.8, 4) is 0 Å². The molecule has 0 radical (unpaired) electrons. The summed E-state index contributed by atoms with van der Waals surface area (Å²) in [5.41, 5.74) is 0.602. The smallest absolute Gasteiger partial charge is 0.300 e. The first-order chi connectivity index (χ1) is 15.0. The van der Waals surface area contributed by atoms with E-state index in [9.17, 15) is 4.79 Å². The average molecular weight is 524 g/mol. The van der Waals surface area contributed by atoms with Crippen LogP contribution in [0, 0.1) is 5.92 Å². The van der Waals surface area contributed by atoms with Crippen molar-refractivity contribution in [1.29, 1.82) is 0 Å². The number of piperidine rings is 1. The number of carbonyl (C=O) groups excluding carboxylic acids is 1. The summed E-state index contributed by atoms with van der Waals surface area (Å²) in [5, 5.41) is 3.23. The van der Waals surface area contributed by atoms with Gasteiger partial charge in [-0.2, -0.15) is 0 Å². The molecule has 2 aliphatic heterocycles. The third-order valence-corrected chi connectivity index (χ3v) is 8.53. The van der Waals surface area contributed by atoms with Gasteiger partial charge in [0.1, 0.15) is 11.4 Å². The van der Waals surface area contributed by atoms with E-state index in [1.54, 1.807) is 0 Å². The maximum Gasteiger partial charge on any atom is 0.328 e. The molecule has 0 unspecified atom stereocenters. The topological polar surface area (TPSA) is 47.9 Å². The van der Waals surface area contributed by atoms with E-state index in [1.807, 2.05) is 17.0 Å². The number of hydrogen-bond acceptors (Lipinski definition) is 3. The predicted molar refractivity (Wildman–Crippen MR) is 137 cm³/mol. The fourth-order valence-electron chi connectivity index (χ4n) is 6.06. The van der Waals surface area contributed by atoms with Gasteiger partial charge < -0.3 is 4.90 Å². The second-order valence-corrected chi connectivity index (χ2v) is 11.1. The van der Waals surface area contributed by atoms with E-state index in [0.717, 1.165) is 54.1 Å². The third-order valence-electron chi connectivity index (χ3n) is 8.04. The lowest BCUT2D eigenvalue weighted by atomic mass is 9.79. The number of hydrogen-bond donors (Lipinski definition) is 1. The van der Waals surface area contributed by atoms with Gasteiger partial charge in [-0.1, -0.05) is 47.7 Å². The summed E-state index contributed by atoms with van der Waals surface area (Å²) in [6, 6.07) is 8.93. The molecule has 32 heavy (non-hydrogen) atoms. The minimum Gasteiger partial charge on any atom is -0.300 e. The molecule has 0 bridgehead atoms. The minimum atomic E-state index is -0.356. The second-order valence-electron chi connectivity index (χ2n) is 10.1.